The third-order valence-electron chi connectivity index (χ3n) is 2.84. The van der Waals surface area contributed by atoms with Crippen LogP contribution >= 0.6 is 0 Å². The summed E-state index contributed by atoms with van der Waals surface area (Å²) in [7, 11) is 0. The zero-order valence-electron chi connectivity index (χ0n) is 7.84. The van der Waals surface area contributed by atoms with Crippen LogP contribution in [0.1, 0.15) is 45.4 Å². The Kier molecular flexibility index (Phi) is 4.02. The molecule has 1 aliphatic carbocycles. The molecule has 68 valence electrons. The van der Waals surface area contributed by atoms with E-state index in [-0.39, 0.29) is 0 Å². The molecule has 0 heterocycles. The summed E-state index contributed by atoms with van der Waals surface area (Å²) in [6.07, 6.45) is 7.79. The van der Waals surface area contributed by atoms with Crippen LogP contribution in [0.5, 0.6) is 0 Å². The topological polar surface area (TPSA) is 36.2 Å². The van der Waals surface area contributed by atoms with Crippen molar-refractivity contribution < 1.29 is 0 Å². The van der Waals surface area contributed by atoms with Gasteiger partial charge < -0.3 is 0 Å². The van der Waals surface area contributed by atoms with E-state index in [2.05, 4.69) is 17.9 Å². The third-order valence-corrected chi connectivity index (χ3v) is 2.84. The quantitative estimate of drug-likeness (QED) is 0.625. The van der Waals surface area contributed by atoms with Crippen molar-refractivity contribution in [1.29, 1.82) is 5.41 Å². The number of rotatable bonds is 3. The first-order chi connectivity index (χ1) is 5.88. The molecule has 0 saturated heterocycles. The van der Waals surface area contributed by atoms with Crippen molar-refractivity contribution >= 4 is 6.01 Å². The van der Waals surface area contributed by atoms with E-state index < -0.39 is 0 Å². The molecule has 1 aliphatic rings. The van der Waals surface area contributed by atoms with Crippen molar-refractivity contribution in [3.05, 3.63) is 0 Å². The Morgan fingerprint density at radius 2 is 2.08 bits per heavy atom. The standard InChI is InChI=1S/C10H18N2/c1-2-10(12-8-11)9-6-4-3-5-7-9/h9-11H,2-7H2,1H3. The van der Waals surface area contributed by atoms with E-state index >= 15 is 0 Å². The lowest BCUT2D eigenvalue weighted by atomic mass is 9.83. The predicted molar refractivity (Wildman–Crippen MR) is 50.8 cm³/mol. The van der Waals surface area contributed by atoms with E-state index in [1.54, 1.807) is 0 Å². The maximum absolute atomic E-state index is 6.84. The fraction of sp³-hybridized carbons (Fsp3) is 0.900. The average molecular weight is 166 g/mol. The van der Waals surface area contributed by atoms with Crippen LogP contribution < -0.4 is 0 Å². The van der Waals surface area contributed by atoms with E-state index in [1.807, 2.05) is 0 Å². The molecule has 12 heavy (non-hydrogen) atoms. The highest BCUT2D eigenvalue weighted by Crippen LogP contribution is 2.28. The van der Waals surface area contributed by atoms with Gasteiger partial charge in [-0.25, -0.2) is 10.4 Å². The molecule has 0 spiro atoms. The molecular formula is C10H18N2. The second-order valence-electron chi connectivity index (χ2n) is 3.61. The van der Waals surface area contributed by atoms with E-state index in [4.69, 9.17) is 5.41 Å². The van der Waals surface area contributed by atoms with Crippen molar-refractivity contribution in [3.8, 4) is 0 Å². The molecule has 1 rings (SSSR count). The zero-order chi connectivity index (χ0) is 8.81. The van der Waals surface area contributed by atoms with Crippen LogP contribution in [0.4, 0.5) is 0 Å². The van der Waals surface area contributed by atoms with Gasteiger partial charge in [0.1, 0.15) is 0 Å². The normalized spacial score (nSPS) is 21.4. The maximum atomic E-state index is 6.84. The second kappa shape index (κ2) is 5.10. The third kappa shape index (κ3) is 2.46. The minimum absolute atomic E-state index is 0.378. The molecule has 0 aromatic carbocycles. The Hall–Kier alpha value is -0.620. The first kappa shape index (κ1) is 9.47. The Labute approximate surface area is 74.6 Å². The number of hydrogen-bond donors (Lipinski definition) is 1. The van der Waals surface area contributed by atoms with Gasteiger partial charge in [0.25, 0.3) is 0 Å². The molecule has 1 fully saturated rings. The van der Waals surface area contributed by atoms with Crippen LogP contribution in [0.2, 0.25) is 0 Å². The van der Waals surface area contributed by atoms with Crippen LogP contribution in [0.15, 0.2) is 4.99 Å². The molecule has 0 amide bonds. The molecule has 0 aromatic heterocycles. The summed E-state index contributed by atoms with van der Waals surface area (Å²) >= 11 is 0. The molecule has 0 aliphatic heterocycles. The Morgan fingerprint density at radius 1 is 1.42 bits per heavy atom. The first-order valence-electron chi connectivity index (χ1n) is 5.00. The van der Waals surface area contributed by atoms with Crippen molar-refractivity contribution in [2.24, 2.45) is 10.9 Å². The highest BCUT2D eigenvalue weighted by molar-refractivity contribution is 5.36. The molecule has 1 atom stereocenters. The monoisotopic (exact) mass is 166 g/mol. The summed E-state index contributed by atoms with van der Waals surface area (Å²) in [5.74, 6) is 0.738. The minimum atomic E-state index is 0.378. The van der Waals surface area contributed by atoms with Crippen LogP contribution in [-0.4, -0.2) is 12.1 Å². The van der Waals surface area contributed by atoms with E-state index in [9.17, 15) is 0 Å². The number of nitrogens with zero attached hydrogens (tertiary/aromatic N) is 1. The van der Waals surface area contributed by atoms with Crippen LogP contribution in [-0.2, 0) is 0 Å². The average Bonchev–Trinajstić information content (AvgIpc) is 2.15. The number of hydrogen-bond acceptors (Lipinski definition) is 2. The first-order valence-corrected chi connectivity index (χ1v) is 5.00. The minimum Gasteiger partial charge on any atom is -0.242 e. The van der Waals surface area contributed by atoms with E-state index in [0.29, 0.717) is 6.04 Å². The van der Waals surface area contributed by atoms with E-state index in [0.717, 1.165) is 12.3 Å². The smallest absolute Gasteiger partial charge is 0.0864 e. The fourth-order valence-electron chi connectivity index (χ4n) is 2.13. The molecular weight excluding hydrogens is 148 g/mol. The summed E-state index contributed by atoms with van der Waals surface area (Å²) in [5.41, 5.74) is 0. The van der Waals surface area contributed by atoms with Crippen molar-refractivity contribution in [3.63, 3.8) is 0 Å². The largest absolute Gasteiger partial charge is 0.242 e. The van der Waals surface area contributed by atoms with Gasteiger partial charge in [-0.1, -0.05) is 26.2 Å². The lowest BCUT2D eigenvalue weighted by Crippen LogP contribution is -2.20. The lowest BCUT2D eigenvalue weighted by molar-refractivity contribution is 0.302. The van der Waals surface area contributed by atoms with Crippen LogP contribution in [0.25, 0.3) is 0 Å². The molecule has 0 aromatic rings. The SMILES string of the molecule is CCC(N=C=N)C1CCCCC1. The Balaban J connectivity index is 2.45. The lowest BCUT2D eigenvalue weighted by Gasteiger charge is -2.25. The zero-order valence-corrected chi connectivity index (χ0v) is 7.84. The summed E-state index contributed by atoms with van der Waals surface area (Å²) in [5, 5.41) is 6.84. The maximum Gasteiger partial charge on any atom is 0.0864 e. The van der Waals surface area contributed by atoms with E-state index in [1.165, 1.54) is 32.1 Å². The second-order valence-corrected chi connectivity index (χ2v) is 3.61. The highest BCUT2D eigenvalue weighted by Gasteiger charge is 2.21. The summed E-state index contributed by atoms with van der Waals surface area (Å²) < 4.78 is 0. The van der Waals surface area contributed by atoms with Gasteiger partial charge in [0.15, 0.2) is 0 Å². The Morgan fingerprint density at radius 3 is 2.58 bits per heavy atom. The van der Waals surface area contributed by atoms with Gasteiger partial charge >= 0.3 is 0 Å². The molecule has 1 N–H and O–H groups in total. The number of aliphatic imine (C=N–C) groups is 1. The van der Waals surface area contributed by atoms with Crippen LogP contribution in [0.3, 0.4) is 0 Å². The van der Waals surface area contributed by atoms with Crippen molar-refractivity contribution in [2.45, 2.75) is 51.5 Å². The molecule has 0 radical (unpaired) electrons. The van der Waals surface area contributed by atoms with Gasteiger partial charge in [-0.3, -0.25) is 0 Å². The molecule has 1 unspecified atom stereocenters. The fourth-order valence-corrected chi connectivity index (χ4v) is 2.13. The van der Waals surface area contributed by atoms with Gasteiger partial charge in [0.2, 0.25) is 0 Å². The van der Waals surface area contributed by atoms with Gasteiger partial charge in [-0.05, 0) is 25.2 Å². The predicted octanol–water partition coefficient (Wildman–Crippen LogP) is 3.10. The summed E-state index contributed by atoms with van der Waals surface area (Å²) in [6, 6.07) is 2.57. The van der Waals surface area contributed by atoms with Crippen molar-refractivity contribution in [2.75, 3.05) is 0 Å². The Bertz CT molecular complexity index is 165. The summed E-state index contributed by atoms with van der Waals surface area (Å²) in [6.45, 7) is 2.15. The van der Waals surface area contributed by atoms with Gasteiger partial charge in [0, 0.05) is 0 Å². The molecule has 0 bridgehead atoms. The van der Waals surface area contributed by atoms with Gasteiger partial charge in [-0.15, -0.1) is 0 Å². The summed E-state index contributed by atoms with van der Waals surface area (Å²) in [4.78, 5) is 4.08. The van der Waals surface area contributed by atoms with Gasteiger partial charge in [0.05, 0.1) is 12.1 Å². The van der Waals surface area contributed by atoms with Crippen molar-refractivity contribution in [1.82, 2.24) is 0 Å². The number of nitrogens with one attached hydrogen (secondary N) is 1. The van der Waals surface area contributed by atoms with Gasteiger partial charge in [-0.2, -0.15) is 0 Å². The molecule has 2 heteroatoms. The molecule has 2 nitrogen and oxygen atoms in total. The van der Waals surface area contributed by atoms with Crippen LogP contribution in [0, 0.1) is 11.3 Å². The molecule has 1 saturated carbocycles. The highest BCUT2D eigenvalue weighted by atomic mass is 14.8.